The van der Waals surface area contributed by atoms with E-state index >= 15 is 0 Å². The number of nitriles is 1. The Bertz CT molecular complexity index is 242. The van der Waals surface area contributed by atoms with Gasteiger partial charge in [0.2, 0.25) is 5.91 Å². The van der Waals surface area contributed by atoms with Gasteiger partial charge in [-0.2, -0.15) is 5.26 Å². The molecule has 0 spiro atoms. The first-order valence-corrected chi connectivity index (χ1v) is 5.94. The molecular weight excluding hydrogens is 204 g/mol. The number of hydrogen-bond acceptors (Lipinski definition) is 3. The quantitative estimate of drug-likeness (QED) is 0.644. The highest BCUT2D eigenvalue weighted by atomic mass is 16.5. The van der Waals surface area contributed by atoms with Crippen molar-refractivity contribution in [3.05, 3.63) is 0 Å². The van der Waals surface area contributed by atoms with E-state index in [1.165, 1.54) is 0 Å². The molecule has 0 bridgehead atoms. The van der Waals surface area contributed by atoms with Crippen LogP contribution in [0.2, 0.25) is 0 Å². The maximum absolute atomic E-state index is 11.6. The van der Waals surface area contributed by atoms with Crippen LogP contribution >= 0.6 is 0 Å². The Kier molecular flexibility index (Phi) is 7.57. The summed E-state index contributed by atoms with van der Waals surface area (Å²) in [5, 5.41) is 11.8. The van der Waals surface area contributed by atoms with Crippen LogP contribution in [0, 0.1) is 11.3 Å². The van der Waals surface area contributed by atoms with Crippen LogP contribution < -0.4 is 5.32 Å². The Morgan fingerprint density at radius 2 is 1.94 bits per heavy atom. The minimum absolute atomic E-state index is 0.110. The molecule has 0 unspecified atom stereocenters. The SMILES string of the molecule is CCCOCCC(=O)NC(C#N)(CC)CC. The van der Waals surface area contributed by atoms with Crippen molar-refractivity contribution in [1.29, 1.82) is 5.26 Å². The minimum atomic E-state index is -0.707. The summed E-state index contributed by atoms with van der Waals surface area (Å²) < 4.78 is 5.23. The topological polar surface area (TPSA) is 62.1 Å². The third-order valence-corrected chi connectivity index (χ3v) is 2.62. The van der Waals surface area contributed by atoms with Crippen molar-refractivity contribution in [1.82, 2.24) is 5.32 Å². The van der Waals surface area contributed by atoms with Crippen LogP contribution in [0.3, 0.4) is 0 Å². The molecule has 4 nitrogen and oxygen atoms in total. The van der Waals surface area contributed by atoms with Gasteiger partial charge in [-0.15, -0.1) is 0 Å². The summed E-state index contributed by atoms with van der Waals surface area (Å²) in [6.07, 6.45) is 2.53. The number of amides is 1. The van der Waals surface area contributed by atoms with E-state index < -0.39 is 5.54 Å². The molecular formula is C12H22N2O2. The second-order valence-corrected chi connectivity index (χ2v) is 3.81. The third kappa shape index (κ3) is 5.13. The second kappa shape index (κ2) is 8.12. The molecule has 0 rings (SSSR count). The Balaban J connectivity index is 3.98. The highest BCUT2D eigenvalue weighted by molar-refractivity contribution is 5.77. The van der Waals surface area contributed by atoms with Crippen molar-refractivity contribution in [3.8, 4) is 6.07 Å². The summed E-state index contributed by atoms with van der Waals surface area (Å²) in [4.78, 5) is 11.6. The van der Waals surface area contributed by atoms with Gasteiger partial charge in [0.25, 0.3) is 0 Å². The molecule has 0 aliphatic rings. The van der Waals surface area contributed by atoms with Gasteiger partial charge in [-0.05, 0) is 19.3 Å². The number of carbonyl (C=O) groups excluding carboxylic acids is 1. The number of carbonyl (C=O) groups is 1. The molecule has 0 saturated heterocycles. The van der Waals surface area contributed by atoms with Crippen LogP contribution in [0.5, 0.6) is 0 Å². The van der Waals surface area contributed by atoms with Crippen molar-refractivity contribution >= 4 is 5.91 Å². The van der Waals surface area contributed by atoms with Gasteiger partial charge in [-0.25, -0.2) is 0 Å². The van der Waals surface area contributed by atoms with Gasteiger partial charge in [0.05, 0.1) is 19.1 Å². The number of nitrogens with one attached hydrogen (secondary N) is 1. The van der Waals surface area contributed by atoms with E-state index in [0.29, 0.717) is 32.5 Å². The van der Waals surface area contributed by atoms with Gasteiger partial charge in [-0.3, -0.25) is 4.79 Å². The molecule has 1 amide bonds. The first-order valence-electron chi connectivity index (χ1n) is 5.94. The molecule has 16 heavy (non-hydrogen) atoms. The molecule has 4 heteroatoms. The molecule has 0 heterocycles. The molecule has 0 saturated carbocycles. The smallest absolute Gasteiger partial charge is 0.223 e. The fourth-order valence-electron chi connectivity index (χ4n) is 1.35. The summed E-state index contributed by atoms with van der Waals surface area (Å²) in [7, 11) is 0. The lowest BCUT2D eigenvalue weighted by atomic mass is 9.94. The maximum Gasteiger partial charge on any atom is 0.223 e. The Hall–Kier alpha value is -1.08. The van der Waals surface area contributed by atoms with E-state index in [0.717, 1.165) is 6.42 Å². The molecule has 92 valence electrons. The monoisotopic (exact) mass is 226 g/mol. The van der Waals surface area contributed by atoms with Crippen LogP contribution in [0.4, 0.5) is 0 Å². The van der Waals surface area contributed by atoms with Crippen LogP contribution in [0.1, 0.15) is 46.5 Å². The van der Waals surface area contributed by atoms with Crippen LogP contribution in [-0.4, -0.2) is 24.7 Å². The lowest BCUT2D eigenvalue weighted by Crippen LogP contribution is -2.46. The lowest BCUT2D eigenvalue weighted by Gasteiger charge is -2.24. The van der Waals surface area contributed by atoms with E-state index in [-0.39, 0.29) is 5.91 Å². The molecule has 0 aliphatic heterocycles. The van der Waals surface area contributed by atoms with E-state index in [4.69, 9.17) is 10.00 Å². The van der Waals surface area contributed by atoms with Crippen molar-refractivity contribution in [2.75, 3.05) is 13.2 Å². The third-order valence-electron chi connectivity index (χ3n) is 2.62. The molecule has 0 aromatic carbocycles. The predicted octanol–water partition coefficient (Wildman–Crippen LogP) is 2.00. The first-order chi connectivity index (χ1) is 7.64. The molecule has 0 radical (unpaired) electrons. The Morgan fingerprint density at radius 1 is 1.31 bits per heavy atom. The zero-order valence-corrected chi connectivity index (χ0v) is 10.5. The zero-order chi connectivity index (χ0) is 12.4. The highest BCUT2D eigenvalue weighted by Crippen LogP contribution is 2.13. The van der Waals surface area contributed by atoms with Crippen molar-refractivity contribution in [3.63, 3.8) is 0 Å². The van der Waals surface area contributed by atoms with Crippen LogP contribution in [0.15, 0.2) is 0 Å². The summed E-state index contributed by atoms with van der Waals surface area (Å²) in [5.41, 5.74) is -0.707. The fourth-order valence-corrected chi connectivity index (χ4v) is 1.35. The van der Waals surface area contributed by atoms with Crippen LogP contribution in [-0.2, 0) is 9.53 Å². The van der Waals surface area contributed by atoms with Crippen molar-refractivity contribution in [2.24, 2.45) is 0 Å². The molecule has 0 aliphatic carbocycles. The largest absolute Gasteiger partial charge is 0.381 e. The van der Waals surface area contributed by atoms with Gasteiger partial charge in [-0.1, -0.05) is 20.8 Å². The van der Waals surface area contributed by atoms with E-state index in [1.807, 2.05) is 20.8 Å². The summed E-state index contributed by atoms with van der Waals surface area (Å²) >= 11 is 0. The van der Waals surface area contributed by atoms with Crippen molar-refractivity contribution in [2.45, 2.75) is 52.0 Å². The number of ether oxygens (including phenoxy) is 1. The predicted molar refractivity (Wildman–Crippen MR) is 62.8 cm³/mol. The average molecular weight is 226 g/mol. The van der Waals surface area contributed by atoms with E-state index in [9.17, 15) is 4.79 Å². The fraction of sp³-hybridized carbons (Fsp3) is 0.833. The first kappa shape index (κ1) is 14.9. The van der Waals surface area contributed by atoms with Gasteiger partial charge in [0.1, 0.15) is 5.54 Å². The van der Waals surface area contributed by atoms with Gasteiger partial charge >= 0.3 is 0 Å². The maximum atomic E-state index is 11.6. The average Bonchev–Trinajstić information content (AvgIpc) is 2.32. The van der Waals surface area contributed by atoms with E-state index in [1.54, 1.807) is 0 Å². The molecule has 1 N–H and O–H groups in total. The lowest BCUT2D eigenvalue weighted by molar-refractivity contribution is -0.123. The highest BCUT2D eigenvalue weighted by Gasteiger charge is 2.27. The number of nitrogens with zero attached hydrogens (tertiary/aromatic N) is 1. The summed E-state index contributed by atoms with van der Waals surface area (Å²) in [6, 6.07) is 2.17. The second-order valence-electron chi connectivity index (χ2n) is 3.81. The number of hydrogen-bond donors (Lipinski definition) is 1. The van der Waals surface area contributed by atoms with Crippen LogP contribution in [0.25, 0.3) is 0 Å². The zero-order valence-electron chi connectivity index (χ0n) is 10.5. The summed E-state index contributed by atoms with van der Waals surface area (Å²) in [6.45, 7) is 6.93. The van der Waals surface area contributed by atoms with Gasteiger partial charge in [0.15, 0.2) is 0 Å². The molecule has 0 aromatic rings. The van der Waals surface area contributed by atoms with E-state index in [2.05, 4.69) is 11.4 Å². The molecule has 0 fully saturated rings. The standard InChI is InChI=1S/C12H22N2O2/c1-4-8-16-9-7-11(15)14-12(5-2,6-3)10-13/h4-9H2,1-3H3,(H,14,15). The van der Waals surface area contributed by atoms with Gasteiger partial charge < -0.3 is 10.1 Å². The normalized spacial score (nSPS) is 10.9. The minimum Gasteiger partial charge on any atom is -0.381 e. The van der Waals surface area contributed by atoms with Crippen molar-refractivity contribution < 1.29 is 9.53 Å². The summed E-state index contributed by atoms with van der Waals surface area (Å²) in [5.74, 6) is -0.110. The van der Waals surface area contributed by atoms with Gasteiger partial charge in [0, 0.05) is 6.61 Å². The molecule has 0 aromatic heterocycles. The number of rotatable bonds is 8. The Morgan fingerprint density at radius 3 is 2.38 bits per heavy atom. The molecule has 0 atom stereocenters. The Labute approximate surface area is 98.0 Å².